The number of likely N-dealkylation sites (tertiary alicyclic amines) is 1. The number of ether oxygens (including phenoxy) is 2. The Hall–Kier alpha value is -3.64. The van der Waals surface area contributed by atoms with Crippen LogP contribution in [0, 0.1) is 17.8 Å². The Balaban J connectivity index is 1.34. The van der Waals surface area contributed by atoms with E-state index < -0.39 is 11.9 Å². The number of aromatic nitrogens is 1. The maximum Gasteiger partial charge on any atom is 0.397 e. The predicted octanol–water partition coefficient (Wildman–Crippen LogP) is 3.11. The summed E-state index contributed by atoms with van der Waals surface area (Å²) in [6.07, 6.45) is 1.40. The first-order valence-electron chi connectivity index (χ1n) is 11.7. The molecule has 35 heavy (non-hydrogen) atoms. The lowest BCUT2D eigenvalue weighted by Crippen LogP contribution is -2.42. The molecule has 2 aromatic heterocycles. The van der Waals surface area contributed by atoms with E-state index in [0.717, 1.165) is 21.0 Å². The van der Waals surface area contributed by atoms with Gasteiger partial charge in [-0.1, -0.05) is 5.92 Å². The number of amides is 2. The number of pyridine rings is 1. The minimum atomic E-state index is -0.797. The first kappa shape index (κ1) is 23.1. The molecule has 1 fully saturated rings. The normalized spacial score (nSPS) is 18.2. The number of hydrogen-bond acceptors (Lipinski definition) is 7. The summed E-state index contributed by atoms with van der Waals surface area (Å²) in [5.74, 6) is 5.72. The molecule has 1 N–H and O–H groups in total. The van der Waals surface area contributed by atoms with Crippen molar-refractivity contribution < 1.29 is 23.9 Å². The average Bonchev–Trinajstić information content (AvgIpc) is 3.18. The SMILES string of the molecule is CCOC(=O)C(=O)N1CCC(C#Cc2ccc3c(ccc4sc5c(c43)OC[C@@H](C)NC5=O)n2)CC1. The van der Waals surface area contributed by atoms with Crippen LogP contribution in [0.25, 0.3) is 21.0 Å². The maximum atomic E-state index is 12.6. The van der Waals surface area contributed by atoms with E-state index in [9.17, 15) is 14.4 Å². The van der Waals surface area contributed by atoms with Gasteiger partial charge >= 0.3 is 11.9 Å². The summed E-state index contributed by atoms with van der Waals surface area (Å²) in [5.41, 5.74) is 1.46. The largest absolute Gasteiger partial charge is 0.489 e. The highest BCUT2D eigenvalue weighted by molar-refractivity contribution is 7.21. The quantitative estimate of drug-likeness (QED) is 0.319. The summed E-state index contributed by atoms with van der Waals surface area (Å²) in [5, 5.41) is 4.80. The summed E-state index contributed by atoms with van der Waals surface area (Å²) in [7, 11) is 0. The third kappa shape index (κ3) is 4.54. The average molecular weight is 492 g/mol. The number of nitrogens with zero attached hydrogens (tertiary/aromatic N) is 2. The van der Waals surface area contributed by atoms with E-state index in [0.29, 0.717) is 48.9 Å². The zero-order valence-electron chi connectivity index (χ0n) is 19.6. The molecular weight excluding hydrogens is 466 g/mol. The number of esters is 1. The second kappa shape index (κ2) is 9.55. The Labute approximate surface area is 206 Å². The molecular formula is C26H25N3O5S. The van der Waals surface area contributed by atoms with E-state index in [2.05, 4.69) is 17.2 Å². The molecule has 0 radical (unpaired) electrons. The molecule has 1 saturated heterocycles. The molecule has 1 aromatic carbocycles. The fourth-order valence-corrected chi connectivity index (χ4v) is 5.46. The number of hydrogen-bond donors (Lipinski definition) is 1. The molecule has 8 nitrogen and oxygen atoms in total. The number of carbonyl (C=O) groups is 3. The lowest BCUT2D eigenvalue weighted by atomic mass is 9.97. The van der Waals surface area contributed by atoms with Crippen LogP contribution in [0.5, 0.6) is 5.75 Å². The molecule has 2 aliphatic heterocycles. The van der Waals surface area contributed by atoms with Crippen LogP contribution >= 0.6 is 11.3 Å². The molecule has 0 aliphatic carbocycles. The van der Waals surface area contributed by atoms with Gasteiger partial charge < -0.3 is 19.7 Å². The van der Waals surface area contributed by atoms with Gasteiger partial charge in [0.05, 0.1) is 18.2 Å². The predicted molar refractivity (Wildman–Crippen MR) is 132 cm³/mol. The number of fused-ring (bicyclic) bond motifs is 5. The number of piperidine rings is 1. The Morgan fingerprint density at radius 3 is 2.83 bits per heavy atom. The molecule has 0 saturated carbocycles. The van der Waals surface area contributed by atoms with E-state index >= 15 is 0 Å². The zero-order chi connectivity index (χ0) is 24.5. The molecule has 2 amide bonds. The van der Waals surface area contributed by atoms with Crippen molar-refractivity contribution in [3.63, 3.8) is 0 Å². The summed E-state index contributed by atoms with van der Waals surface area (Å²) in [6, 6.07) is 7.73. The Morgan fingerprint density at radius 1 is 1.26 bits per heavy atom. The summed E-state index contributed by atoms with van der Waals surface area (Å²) in [6.45, 7) is 5.17. The van der Waals surface area contributed by atoms with Gasteiger partial charge in [-0.05, 0) is 56.9 Å². The van der Waals surface area contributed by atoms with E-state index in [1.165, 1.54) is 16.2 Å². The number of thiophene rings is 1. The highest BCUT2D eigenvalue weighted by atomic mass is 32.1. The lowest BCUT2D eigenvalue weighted by molar-refractivity contribution is -0.160. The van der Waals surface area contributed by atoms with Gasteiger partial charge in [0.1, 0.15) is 17.2 Å². The zero-order valence-corrected chi connectivity index (χ0v) is 20.4. The van der Waals surface area contributed by atoms with Gasteiger partial charge in [0.2, 0.25) is 0 Å². The molecule has 180 valence electrons. The Bertz CT molecular complexity index is 1390. The fraction of sp³-hybridized carbons (Fsp3) is 0.385. The minimum absolute atomic E-state index is 0.0534. The fourth-order valence-electron chi connectivity index (χ4n) is 4.39. The highest BCUT2D eigenvalue weighted by Gasteiger charge is 2.28. The number of nitrogens with one attached hydrogen (secondary N) is 1. The van der Waals surface area contributed by atoms with Crippen LogP contribution in [0.3, 0.4) is 0 Å². The lowest BCUT2D eigenvalue weighted by Gasteiger charge is -2.28. The standard InChI is InChI=1S/C26H25N3O5S/c1-3-33-26(32)25(31)29-12-10-16(11-13-29)4-5-17-6-7-18-19(28-17)8-9-20-21(18)22-23(35-20)24(30)27-15(2)14-34-22/h6-9,15-16H,3,10-14H2,1-2H3,(H,27,30)/t15-/m1/s1. The monoisotopic (exact) mass is 491 g/mol. The third-order valence-electron chi connectivity index (χ3n) is 6.18. The van der Waals surface area contributed by atoms with Gasteiger partial charge in [-0.2, -0.15) is 0 Å². The third-order valence-corrected chi connectivity index (χ3v) is 7.31. The smallest absolute Gasteiger partial charge is 0.397 e. The van der Waals surface area contributed by atoms with Crippen LogP contribution in [0.4, 0.5) is 0 Å². The number of rotatable bonds is 1. The van der Waals surface area contributed by atoms with Gasteiger partial charge in [0, 0.05) is 34.5 Å². The van der Waals surface area contributed by atoms with Crippen LogP contribution in [-0.4, -0.2) is 60.0 Å². The van der Waals surface area contributed by atoms with Crippen molar-refractivity contribution in [2.45, 2.75) is 32.7 Å². The van der Waals surface area contributed by atoms with Crippen molar-refractivity contribution in [3.8, 4) is 17.6 Å². The van der Waals surface area contributed by atoms with E-state index in [4.69, 9.17) is 14.5 Å². The van der Waals surface area contributed by atoms with Crippen LogP contribution < -0.4 is 10.1 Å². The topological polar surface area (TPSA) is 97.8 Å². The first-order valence-corrected chi connectivity index (χ1v) is 12.5. The van der Waals surface area contributed by atoms with E-state index in [1.54, 1.807) is 6.92 Å². The van der Waals surface area contributed by atoms with Gasteiger partial charge in [-0.25, -0.2) is 9.78 Å². The molecule has 9 heteroatoms. The minimum Gasteiger partial charge on any atom is -0.489 e. The van der Waals surface area contributed by atoms with Crippen molar-refractivity contribution in [1.82, 2.24) is 15.2 Å². The van der Waals surface area contributed by atoms with Crippen molar-refractivity contribution in [2.75, 3.05) is 26.3 Å². The Morgan fingerprint density at radius 2 is 2.06 bits per heavy atom. The summed E-state index contributed by atoms with van der Waals surface area (Å²) < 4.78 is 11.8. The molecule has 0 spiro atoms. The molecule has 5 rings (SSSR count). The summed E-state index contributed by atoms with van der Waals surface area (Å²) >= 11 is 1.43. The number of benzene rings is 1. The summed E-state index contributed by atoms with van der Waals surface area (Å²) in [4.78, 5) is 43.2. The van der Waals surface area contributed by atoms with Crippen LogP contribution in [0.1, 0.15) is 42.1 Å². The van der Waals surface area contributed by atoms with Crippen molar-refractivity contribution in [3.05, 3.63) is 34.8 Å². The molecule has 2 aliphatic rings. The van der Waals surface area contributed by atoms with Crippen molar-refractivity contribution in [2.24, 2.45) is 5.92 Å². The van der Waals surface area contributed by atoms with E-state index in [1.807, 2.05) is 31.2 Å². The van der Waals surface area contributed by atoms with Gasteiger partial charge in [-0.3, -0.25) is 9.59 Å². The number of carbonyl (C=O) groups excluding carboxylic acids is 3. The van der Waals surface area contributed by atoms with Crippen LogP contribution in [-0.2, 0) is 14.3 Å². The van der Waals surface area contributed by atoms with Gasteiger partial charge in [0.15, 0.2) is 5.75 Å². The Kier molecular flexibility index (Phi) is 6.31. The molecule has 1 atom stereocenters. The first-order chi connectivity index (χ1) is 16.9. The second-order valence-corrected chi connectivity index (χ2v) is 9.76. The van der Waals surface area contributed by atoms with Crippen LogP contribution in [0.2, 0.25) is 0 Å². The van der Waals surface area contributed by atoms with Crippen LogP contribution in [0.15, 0.2) is 24.3 Å². The van der Waals surface area contributed by atoms with Crippen molar-refractivity contribution in [1.29, 1.82) is 0 Å². The maximum absolute atomic E-state index is 12.6. The second-order valence-electron chi connectivity index (χ2n) is 8.70. The van der Waals surface area contributed by atoms with Crippen molar-refractivity contribution >= 4 is 50.1 Å². The molecule has 4 heterocycles. The van der Waals surface area contributed by atoms with Gasteiger partial charge in [0.25, 0.3) is 5.91 Å². The molecule has 0 bridgehead atoms. The molecule has 3 aromatic rings. The highest BCUT2D eigenvalue weighted by Crippen LogP contribution is 2.42. The van der Waals surface area contributed by atoms with E-state index in [-0.39, 0.29) is 24.5 Å². The molecule has 0 unspecified atom stereocenters. The van der Waals surface area contributed by atoms with Gasteiger partial charge in [-0.15, -0.1) is 11.3 Å².